The van der Waals surface area contributed by atoms with E-state index >= 15 is 0 Å². The summed E-state index contributed by atoms with van der Waals surface area (Å²) in [5.74, 6) is 0. The van der Waals surface area contributed by atoms with Crippen molar-refractivity contribution in [2.24, 2.45) is 5.73 Å². The predicted octanol–water partition coefficient (Wildman–Crippen LogP) is 4.77. The molecule has 2 N–H and O–H groups in total. The Balaban J connectivity index is 2.12. The maximum absolute atomic E-state index is 12.8. The number of alkyl halides is 6. The molecule has 0 fully saturated rings. The van der Waals surface area contributed by atoms with Crippen molar-refractivity contribution in [3.8, 4) is 0 Å². The highest BCUT2D eigenvalue weighted by molar-refractivity contribution is 5.33. The maximum Gasteiger partial charge on any atom is 0.416 e. The second-order valence-corrected chi connectivity index (χ2v) is 5.45. The second-order valence-electron chi connectivity index (χ2n) is 5.45. The topological polar surface area (TPSA) is 35.2 Å². The molecule has 0 aliphatic rings. The van der Waals surface area contributed by atoms with Crippen LogP contribution in [0.25, 0.3) is 0 Å². The number of hydrogen-bond acceptors (Lipinski definition) is 2. The van der Waals surface area contributed by atoms with Crippen LogP contribution in [-0.2, 0) is 30.1 Å². The zero-order valence-electron chi connectivity index (χ0n) is 12.9. The van der Waals surface area contributed by atoms with Crippen molar-refractivity contribution in [3.05, 3.63) is 70.8 Å². The lowest BCUT2D eigenvalue weighted by atomic mass is 10.1. The predicted molar refractivity (Wildman–Crippen MR) is 79.4 cm³/mol. The summed E-state index contributed by atoms with van der Waals surface area (Å²) in [5, 5.41) is 0. The standard InChI is InChI=1S/C17H15F6NO/c18-16(19,20)13-6-12(7-14(9-13)17(21,22)23)10-25-15(24)8-11-4-2-1-3-5-11/h1-7,9,15H,8,10,24H2. The van der Waals surface area contributed by atoms with E-state index in [1.54, 1.807) is 30.3 Å². The Morgan fingerprint density at radius 1 is 0.800 bits per heavy atom. The molecule has 0 radical (unpaired) electrons. The number of ether oxygens (including phenoxy) is 1. The molecule has 2 aromatic rings. The van der Waals surface area contributed by atoms with E-state index in [0.29, 0.717) is 12.1 Å². The third-order valence-corrected chi connectivity index (χ3v) is 3.39. The van der Waals surface area contributed by atoms with Crippen LogP contribution >= 0.6 is 0 Å². The van der Waals surface area contributed by atoms with Gasteiger partial charge < -0.3 is 10.5 Å². The van der Waals surface area contributed by atoms with Gasteiger partial charge in [-0.05, 0) is 29.3 Å². The van der Waals surface area contributed by atoms with Crippen LogP contribution in [-0.4, -0.2) is 6.23 Å². The molecule has 0 aliphatic heterocycles. The van der Waals surface area contributed by atoms with E-state index in [1.165, 1.54) is 0 Å². The molecule has 0 aliphatic carbocycles. The van der Waals surface area contributed by atoms with Gasteiger partial charge in [0.25, 0.3) is 0 Å². The summed E-state index contributed by atoms with van der Waals surface area (Å²) >= 11 is 0. The summed E-state index contributed by atoms with van der Waals surface area (Å²) in [6, 6.07) is 10.3. The van der Waals surface area contributed by atoms with Gasteiger partial charge in [0.05, 0.1) is 17.7 Å². The SMILES string of the molecule is NC(Cc1ccccc1)OCc1cc(C(F)(F)F)cc(C(F)(F)F)c1. The first-order chi connectivity index (χ1) is 11.6. The van der Waals surface area contributed by atoms with Crippen LogP contribution in [0.1, 0.15) is 22.3 Å². The fourth-order valence-electron chi connectivity index (χ4n) is 2.21. The van der Waals surface area contributed by atoms with Gasteiger partial charge in [0, 0.05) is 6.42 Å². The molecule has 0 heterocycles. The molecule has 0 bridgehead atoms. The molecule has 0 spiro atoms. The van der Waals surface area contributed by atoms with Gasteiger partial charge in [0.2, 0.25) is 0 Å². The van der Waals surface area contributed by atoms with Gasteiger partial charge in [-0.25, -0.2) is 0 Å². The van der Waals surface area contributed by atoms with Gasteiger partial charge in [0.1, 0.15) is 6.23 Å². The molecule has 2 nitrogen and oxygen atoms in total. The van der Waals surface area contributed by atoms with E-state index in [2.05, 4.69) is 0 Å². The Hall–Kier alpha value is -2.06. The highest BCUT2D eigenvalue weighted by Gasteiger charge is 2.36. The highest BCUT2D eigenvalue weighted by Crippen LogP contribution is 2.36. The molecule has 2 aromatic carbocycles. The molecular weight excluding hydrogens is 348 g/mol. The summed E-state index contributed by atoms with van der Waals surface area (Å²) in [6.07, 6.45) is -10.3. The third-order valence-electron chi connectivity index (χ3n) is 3.39. The van der Waals surface area contributed by atoms with Crippen LogP contribution in [0.3, 0.4) is 0 Å². The Morgan fingerprint density at radius 3 is 1.80 bits per heavy atom. The molecule has 2 rings (SSSR count). The third kappa shape index (κ3) is 5.75. The smallest absolute Gasteiger partial charge is 0.359 e. The first-order valence-corrected chi connectivity index (χ1v) is 7.25. The number of halogens is 6. The molecule has 25 heavy (non-hydrogen) atoms. The molecule has 8 heteroatoms. The number of benzene rings is 2. The number of hydrogen-bond donors (Lipinski definition) is 1. The van der Waals surface area contributed by atoms with Gasteiger partial charge in [-0.2, -0.15) is 26.3 Å². The Bertz CT molecular complexity index is 664. The molecule has 136 valence electrons. The van der Waals surface area contributed by atoms with Crippen molar-refractivity contribution in [2.75, 3.05) is 0 Å². The van der Waals surface area contributed by atoms with E-state index in [1.807, 2.05) is 0 Å². The lowest BCUT2D eigenvalue weighted by Crippen LogP contribution is -2.26. The largest absolute Gasteiger partial charge is 0.416 e. The summed E-state index contributed by atoms with van der Waals surface area (Å²) in [7, 11) is 0. The first-order valence-electron chi connectivity index (χ1n) is 7.25. The summed E-state index contributed by atoms with van der Waals surface area (Å²) in [5.41, 5.74) is 3.58. The molecule has 0 aromatic heterocycles. The Morgan fingerprint density at radius 2 is 1.32 bits per heavy atom. The van der Waals surface area contributed by atoms with Crippen LogP contribution in [0.4, 0.5) is 26.3 Å². The van der Waals surface area contributed by atoms with Crippen LogP contribution in [0.15, 0.2) is 48.5 Å². The van der Waals surface area contributed by atoms with Crippen molar-refractivity contribution in [3.63, 3.8) is 0 Å². The molecule has 0 saturated heterocycles. The summed E-state index contributed by atoms with van der Waals surface area (Å²) < 4.78 is 81.9. The van der Waals surface area contributed by atoms with E-state index in [4.69, 9.17) is 10.5 Å². The second kappa shape index (κ2) is 7.45. The van der Waals surface area contributed by atoms with Gasteiger partial charge in [0.15, 0.2) is 0 Å². The zero-order chi connectivity index (χ0) is 18.7. The van der Waals surface area contributed by atoms with Crippen molar-refractivity contribution < 1.29 is 31.1 Å². The number of nitrogens with two attached hydrogens (primary N) is 1. The quantitative estimate of drug-likeness (QED) is 0.614. The van der Waals surface area contributed by atoms with Crippen LogP contribution in [0.2, 0.25) is 0 Å². The molecule has 0 saturated carbocycles. The van der Waals surface area contributed by atoms with E-state index in [0.717, 1.165) is 5.56 Å². The monoisotopic (exact) mass is 363 g/mol. The van der Waals surface area contributed by atoms with Crippen LogP contribution < -0.4 is 5.73 Å². The molecule has 0 amide bonds. The first kappa shape index (κ1) is 19.3. The van der Waals surface area contributed by atoms with Gasteiger partial charge >= 0.3 is 12.4 Å². The normalized spacial score (nSPS) is 13.7. The minimum atomic E-state index is -4.89. The Kier molecular flexibility index (Phi) is 5.74. The highest BCUT2D eigenvalue weighted by atomic mass is 19.4. The lowest BCUT2D eigenvalue weighted by molar-refractivity contribution is -0.143. The summed E-state index contributed by atoms with van der Waals surface area (Å²) in [6.45, 7) is -0.457. The average molecular weight is 363 g/mol. The van der Waals surface area contributed by atoms with Crippen LogP contribution in [0.5, 0.6) is 0 Å². The average Bonchev–Trinajstić information content (AvgIpc) is 2.52. The van der Waals surface area contributed by atoms with E-state index < -0.39 is 36.3 Å². The van der Waals surface area contributed by atoms with Gasteiger partial charge in [-0.1, -0.05) is 30.3 Å². The molecular formula is C17H15F6NO. The minimum Gasteiger partial charge on any atom is -0.359 e. The Labute approximate surface area is 140 Å². The molecule has 1 unspecified atom stereocenters. The molecule has 1 atom stereocenters. The zero-order valence-corrected chi connectivity index (χ0v) is 12.9. The van der Waals surface area contributed by atoms with Crippen molar-refractivity contribution >= 4 is 0 Å². The van der Waals surface area contributed by atoms with E-state index in [-0.39, 0.29) is 18.1 Å². The lowest BCUT2D eigenvalue weighted by Gasteiger charge is -2.16. The van der Waals surface area contributed by atoms with Gasteiger partial charge in [-0.15, -0.1) is 0 Å². The van der Waals surface area contributed by atoms with Gasteiger partial charge in [-0.3, -0.25) is 0 Å². The minimum absolute atomic E-state index is 0.0768. The summed E-state index contributed by atoms with van der Waals surface area (Å²) in [4.78, 5) is 0. The van der Waals surface area contributed by atoms with Crippen LogP contribution in [0, 0.1) is 0 Å². The maximum atomic E-state index is 12.8. The number of rotatable bonds is 5. The van der Waals surface area contributed by atoms with E-state index in [9.17, 15) is 26.3 Å². The fraction of sp³-hybridized carbons (Fsp3) is 0.294. The van der Waals surface area contributed by atoms with Crippen molar-refractivity contribution in [2.45, 2.75) is 31.6 Å². The van der Waals surface area contributed by atoms with Crippen molar-refractivity contribution in [1.82, 2.24) is 0 Å². The van der Waals surface area contributed by atoms with Crippen molar-refractivity contribution in [1.29, 1.82) is 0 Å². The fourth-order valence-corrected chi connectivity index (χ4v) is 2.21.